The predicted octanol–water partition coefficient (Wildman–Crippen LogP) is 2.53. The number of rotatable bonds is 4. The molecule has 0 aromatic rings. The normalized spacial score (nSPS) is 30.9. The lowest BCUT2D eigenvalue weighted by atomic mass is 9.88. The van der Waals surface area contributed by atoms with Crippen molar-refractivity contribution in [3.8, 4) is 11.5 Å². The van der Waals surface area contributed by atoms with Crippen molar-refractivity contribution >= 4 is 16.2 Å². The minimum Gasteiger partial charge on any atom is -0.444 e. The second kappa shape index (κ2) is 7.73. The number of fused-ring (bicyclic) bond motifs is 1. The average Bonchev–Trinajstić information content (AvgIpc) is 2.97. The second-order valence-corrected chi connectivity index (χ2v) is 10.1. The van der Waals surface area contributed by atoms with Crippen molar-refractivity contribution in [3.63, 3.8) is 0 Å². The lowest BCUT2D eigenvalue weighted by Crippen LogP contribution is -2.51. The van der Waals surface area contributed by atoms with Gasteiger partial charge in [-0.15, -0.1) is 0 Å². The van der Waals surface area contributed by atoms with Crippen LogP contribution in [0.5, 0.6) is 0 Å². The summed E-state index contributed by atoms with van der Waals surface area (Å²) in [6.45, 7) is 12.1. The van der Waals surface area contributed by atoms with E-state index in [0.717, 1.165) is 5.40 Å². The standard InChI is InChI=1S/C19H27N3O7S/c1-8-13-15-19(7,29-18(5,6)27-15)14(22(13)16(23)28-17(2,3)4)12(9-20)10-26-30(24,25)11-21/h10,13-15H,8H2,1-7H3/b12-10+/t13-,14+,15-,19+/m1/s1. The van der Waals surface area contributed by atoms with Gasteiger partial charge in [0.15, 0.2) is 5.79 Å². The van der Waals surface area contributed by atoms with E-state index in [-0.39, 0.29) is 5.57 Å². The lowest BCUT2D eigenvalue weighted by molar-refractivity contribution is -0.179. The smallest absolute Gasteiger partial charge is 0.411 e. The summed E-state index contributed by atoms with van der Waals surface area (Å²) in [5, 5.41) is 19.4. The first-order valence-electron chi connectivity index (χ1n) is 9.44. The van der Waals surface area contributed by atoms with Crippen LogP contribution in [0, 0.1) is 22.0 Å². The zero-order valence-electron chi connectivity index (χ0n) is 18.1. The minimum absolute atomic E-state index is 0.218. The first-order valence-corrected chi connectivity index (χ1v) is 10.8. The molecule has 0 aromatic carbocycles. The van der Waals surface area contributed by atoms with Crippen molar-refractivity contribution in [1.82, 2.24) is 4.90 Å². The van der Waals surface area contributed by atoms with Crippen LogP contribution in [0.25, 0.3) is 0 Å². The SMILES string of the molecule is CC[C@@H]1[C@H]2OC(C)(C)O[C@@]2(C)[C@H](/C(C#N)=C/OS(=O)(=O)C#N)N1C(=O)OC(C)(C)C. The van der Waals surface area contributed by atoms with E-state index in [4.69, 9.17) is 19.5 Å². The maximum Gasteiger partial charge on any atom is 0.411 e. The Bertz CT molecular complexity index is 923. The van der Waals surface area contributed by atoms with Gasteiger partial charge in [0, 0.05) is 0 Å². The van der Waals surface area contributed by atoms with Crippen LogP contribution in [0.4, 0.5) is 4.79 Å². The topological polar surface area (TPSA) is 139 Å². The van der Waals surface area contributed by atoms with Crippen molar-refractivity contribution in [1.29, 1.82) is 10.5 Å². The summed E-state index contributed by atoms with van der Waals surface area (Å²) in [6, 6.07) is 0.296. The van der Waals surface area contributed by atoms with Gasteiger partial charge in [0.25, 0.3) is 0 Å². The molecule has 10 nitrogen and oxygen atoms in total. The summed E-state index contributed by atoms with van der Waals surface area (Å²) >= 11 is 0. The van der Waals surface area contributed by atoms with Gasteiger partial charge in [0.1, 0.15) is 35.7 Å². The van der Waals surface area contributed by atoms with E-state index in [2.05, 4.69) is 4.18 Å². The van der Waals surface area contributed by atoms with E-state index in [1.54, 1.807) is 41.5 Å². The molecule has 30 heavy (non-hydrogen) atoms. The number of hydrogen-bond donors (Lipinski definition) is 0. The van der Waals surface area contributed by atoms with Crippen LogP contribution < -0.4 is 0 Å². The molecule has 166 valence electrons. The van der Waals surface area contributed by atoms with Gasteiger partial charge in [-0.3, -0.25) is 4.90 Å². The molecule has 2 heterocycles. The van der Waals surface area contributed by atoms with Crippen molar-refractivity contribution in [2.75, 3.05) is 0 Å². The van der Waals surface area contributed by atoms with Crippen molar-refractivity contribution < 1.29 is 31.6 Å². The fourth-order valence-corrected chi connectivity index (χ4v) is 4.31. The molecule has 0 spiro atoms. The summed E-state index contributed by atoms with van der Waals surface area (Å²) in [5.41, 5.74) is -2.22. The number of thiocyanates is 1. The summed E-state index contributed by atoms with van der Waals surface area (Å²) in [5.74, 6) is -0.995. The molecule has 0 N–H and O–H groups in total. The number of nitrogens with zero attached hydrogens (tertiary/aromatic N) is 3. The van der Waals surface area contributed by atoms with Crippen LogP contribution in [-0.4, -0.2) is 54.6 Å². The molecule has 0 aliphatic carbocycles. The largest absolute Gasteiger partial charge is 0.444 e. The first-order chi connectivity index (χ1) is 13.6. The molecule has 2 saturated heterocycles. The summed E-state index contributed by atoms with van der Waals surface area (Å²) in [6.07, 6.45) is -0.190. The molecule has 0 aromatic heterocycles. The van der Waals surface area contributed by atoms with E-state index < -0.39 is 51.4 Å². The van der Waals surface area contributed by atoms with Crippen molar-refractivity contribution in [2.45, 2.75) is 90.1 Å². The highest BCUT2D eigenvalue weighted by atomic mass is 32.2. The Kier molecular flexibility index (Phi) is 6.17. The molecule has 2 rings (SSSR count). The number of carbonyl (C=O) groups is 1. The maximum atomic E-state index is 13.1. The van der Waals surface area contributed by atoms with Gasteiger partial charge in [0.2, 0.25) is 5.40 Å². The van der Waals surface area contributed by atoms with Gasteiger partial charge < -0.3 is 18.4 Å². The van der Waals surface area contributed by atoms with E-state index in [1.165, 1.54) is 4.90 Å². The fraction of sp³-hybridized carbons (Fsp3) is 0.737. The number of ether oxygens (including phenoxy) is 3. The highest BCUT2D eigenvalue weighted by Gasteiger charge is 2.67. The Hall–Kier alpha value is -2.34. The molecule has 0 radical (unpaired) electrons. The van der Waals surface area contributed by atoms with E-state index in [9.17, 15) is 18.5 Å². The highest BCUT2D eigenvalue weighted by Crippen LogP contribution is 2.51. The molecule has 11 heteroatoms. The summed E-state index contributed by atoms with van der Waals surface area (Å²) in [4.78, 5) is 14.4. The Balaban J connectivity index is 2.62. The molecule has 1 amide bonds. The average molecular weight is 442 g/mol. The zero-order valence-corrected chi connectivity index (χ0v) is 18.9. The minimum atomic E-state index is -4.53. The molecule has 2 fully saturated rings. The van der Waals surface area contributed by atoms with Crippen LogP contribution in [-0.2, 0) is 28.5 Å². The lowest BCUT2D eigenvalue weighted by Gasteiger charge is -2.36. The van der Waals surface area contributed by atoms with E-state index >= 15 is 0 Å². The van der Waals surface area contributed by atoms with Crippen molar-refractivity contribution in [2.24, 2.45) is 0 Å². The van der Waals surface area contributed by atoms with Crippen LogP contribution in [0.2, 0.25) is 0 Å². The molecule has 2 aliphatic heterocycles. The van der Waals surface area contributed by atoms with E-state index in [0.29, 0.717) is 12.7 Å². The Morgan fingerprint density at radius 2 is 1.87 bits per heavy atom. The fourth-order valence-electron chi connectivity index (χ4n) is 4.03. The Labute approximate surface area is 177 Å². The number of carbonyl (C=O) groups excluding carboxylic acids is 1. The molecule has 0 saturated carbocycles. The van der Waals surface area contributed by atoms with Crippen molar-refractivity contribution in [3.05, 3.63) is 11.8 Å². The van der Waals surface area contributed by atoms with Gasteiger partial charge in [-0.1, -0.05) is 6.92 Å². The number of likely N-dealkylation sites (tertiary alicyclic amines) is 1. The summed E-state index contributed by atoms with van der Waals surface area (Å²) < 4.78 is 45.2. The molecule has 0 unspecified atom stereocenters. The van der Waals surface area contributed by atoms with Crippen LogP contribution in [0.15, 0.2) is 11.8 Å². The number of nitriles is 2. The Morgan fingerprint density at radius 1 is 1.27 bits per heavy atom. The van der Waals surface area contributed by atoms with Crippen LogP contribution in [0.3, 0.4) is 0 Å². The molecular formula is C19H27N3O7S. The first kappa shape index (κ1) is 23.9. The van der Waals surface area contributed by atoms with Crippen LogP contribution >= 0.6 is 0 Å². The second-order valence-electron chi connectivity index (χ2n) is 8.82. The van der Waals surface area contributed by atoms with Gasteiger partial charge in [0.05, 0.1) is 11.6 Å². The Morgan fingerprint density at radius 3 is 2.33 bits per heavy atom. The van der Waals surface area contributed by atoms with Gasteiger partial charge >= 0.3 is 16.2 Å². The maximum absolute atomic E-state index is 13.1. The van der Waals surface area contributed by atoms with Gasteiger partial charge in [-0.25, -0.2) is 4.79 Å². The highest BCUT2D eigenvalue weighted by molar-refractivity contribution is 7.91. The van der Waals surface area contributed by atoms with Gasteiger partial charge in [-0.2, -0.15) is 18.9 Å². The number of amides is 1. The monoisotopic (exact) mass is 441 g/mol. The number of hydrogen-bond acceptors (Lipinski definition) is 9. The van der Waals surface area contributed by atoms with E-state index in [1.807, 2.05) is 13.0 Å². The quantitative estimate of drug-likeness (QED) is 0.212. The predicted molar refractivity (Wildman–Crippen MR) is 104 cm³/mol. The third-order valence-corrected chi connectivity index (χ3v) is 5.40. The molecule has 4 atom stereocenters. The molecule has 0 bridgehead atoms. The van der Waals surface area contributed by atoms with Gasteiger partial charge in [-0.05, 0) is 48.0 Å². The third-order valence-electron chi connectivity index (χ3n) is 4.83. The summed E-state index contributed by atoms with van der Waals surface area (Å²) in [7, 11) is -4.53. The molecular weight excluding hydrogens is 414 g/mol. The van der Waals surface area contributed by atoms with Crippen LogP contribution in [0.1, 0.15) is 54.9 Å². The zero-order chi connectivity index (χ0) is 23.1. The molecule has 2 aliphatic rings. The third kappa shape index (κ3) is 4.53.